The Morgan fingerprint density at radius 3 is 2.68 bits per heavy atom. The van der Waals surface area contributed by atoms with E-state index >= 15 is 0 Å². The number of hydrogen-bond acceptors (Lipinski definition) is 5. The Morgan fingerprint density at radius 1 is 0.929 bits per heavy atom. The van der Waals surface area contributed by atoms with E-state index in [0.29, 0.717) is 0 Å². The Hall–Kier alpha value is -2.90. The highest BCUT2D eigenvalue weighted by Gasteiger charge is 2.16. The summed E-state index contributed by atoms with van der Waals surface area (Å²) in [5.41, 5.74) is 3.34. The molecule has 0 aliphatic carbocycles. The first kappa shape index (κ1) is 17.2. The first-order valence-corrected chi connectivity index (χ1v) is 10.8. The number of thiophene rings is 1. The molecule has 1 aromatic carbocycles. The van der Waals surface area contributed by atoms with Crippen LogP contribution in [0.2, 0.25) is 0 Å². The van der Waals surface area contributed by atoms with Gasteiger partial charge in [-0.1, -0.05) is 54.2 Å². The van der Waals surface area contributed by atoms with Crippen LogP contribution in [0, 0.1) is 0 Å². The summed E-state index contributed by atoms with van der Waals surface area (Å²) in [7, 11) is 0. The molecular formula is C21H17N5S2. The maximum Gasteiger partial charge on any atom is 0.192 e. The van der Waals surface area contributed by atoms with Gasteiger partial charge in [-0.25, -0.2) is 4.98 Å². The van der Waals surface area contributed by atoms with Gasteiger partial charge in [0.15, 0.2) is 11.0 Å². The van der Waals surface area contributed by atoms with Crippen LogP contribution in [0.1, 0.15) is 11.3 Å². The van der Waals surface area contributed by atoms with Crippen LogP contribution in [0.4, 0.5) is 0 Å². The summed E-state index contributed by atoms with van der Waals surface area (Å²) in [5, 5.41) is 12.0. The molecule has 0 saturated heterocycles. The van der Waals surface area contributed by atoms with Crippen LogP contribution < -0.4 is 0 Å². The lowest BCUT2D eigenvalue weighted by Gasteiger charge is -2.09. The van der Waals surface area contributed by atoms with Gasteiger partial charge in [-0.15, -0.1) is 21.5 Å². The minimum Gasteiger partial charge on any atom is -0.303 e. The van der Waals surface area contributed by atoms with E-state index < -0.39 is 0 Å². The molecule has 0 N–H and O–H groups in total. The number of rotatable bonds is 6. The first-order valence-electron chi connectivity index (χ1n) is 8.93. The number of nitrogens with zero attached hydrogens (tertiary/aromatic N) is 5. The van der Waals surface area contributed by atoms with Crippen LogP contribution >= 0.6 is 23.1 Å². The molecule has 0 aliphatic heterocycles. The van der Waals surface area contributed by atoms with Crippen molar-refractivity contribution in [1.82, 2.24) is 24.1 Å². The van der Waals surface area contributed by atoms with Gasteiger partial charge >= 0.3 is 0 Å². The minimum atomic E-state index is 0.747. The fraction of sp³-hybridized carbons (Fsp3) is 0.0952. The van der Waals surface area contributed by atoms with Crippen molar-refractivity contribution in [3.05, 3.63) is 89.7 Å². The second kappa shape index (κ2) is 7.61. The Bertz CT molecular complexity index is 1190. The fourth-order valence-electron chi connectivity index (χ4n) is 3.12. The minimum absolute atomic E-state index is 0.747. The molecule has 0 radical (unpaired) electrons. The molecule has 0 bridgehead atoms. The average Bonchev–Trinajstić information content (AvgIpc) is 3.47. The van der Waals surface area contributed by atoms with Crippen molar-refractivity contribution in [3.63, 3.8) is 0 Å². The van der Waals surface area contributed by atoms with Crippen LogP contribution in [0.15, 0.2) is 83.6 Å². The molecule has 0 saturated carbocycles. The van der Waals surface area contributed by atoms with Gasteiger partial charge in [0.1, 0.15) is 5.65 Å². The number of imidazole rings is 1. The smallest absolute Gasteiger partial charge is 0.192 e. The van der Waals surface area contributed by atoms with E-state index in [-0.39, 0.29) is 0 Å². The van der Waals surface area contributed by atoms with Gasteiger partial charge in [0, 0.05) is 11.9 Å². The molecule has 7 heteroatoms. The third-order valence-corrected chi connectivity index (χ3v) is 6.35. The summed E-state index contributed by atoms with van der Waals surface area (Å²) < 4.78 is 4.32. The van der Waals surface area contributed by atoms with E-state index in [1.165, 1.54) is 5.56 Å². The second-order valence-corrected chi connectivity index (χ2v) is 8.21. The molecule has 0 unspecified atom stereocenters. The maximum atomic E-state index is 4.50. The van der Waals surface area contributed by atoms with Crippen molar-refractivity contribution in [2.24, 2.45) is 0 Å². The molecule has 5 rings (SSSR count). The van der Waals surface area contributed by atoms with Gasteiger partial charge < -0.3 is 4.40 Å². The number of aromatic nitrogens is 5. The predicted molar refractivity (Wildman–Crippen MR) is 114 cm³/mol. The third-order valence-electron chi connectivity index (χ3n) is 4.48. The molecule has 0 spiro atoms. The summed E-state index contributed by atoms with van der Waals surface area (Å²) in [6.45, 7) is 0.747. The number of fused-ring (bicyclic) bond motifs is 1. The average molecular weight is 404 g/mol. The highest BCUT2D eigenvalue weighted by molar-refractivity contribution is 7.98. The van der Waals surface area contributed by atoms with Crippen molar-refractivity contribution < 1.29 is 0 Å². The van der Waals surface area contributed by atoms with E-state index in [9.17, 15) is 0 Å². The van der Waals surface area contributed by atoms with E-state index in [0.717, 1.165) is 39.5 Å². The molecule has 0 atom stereocenters. The SMILES string of the molecule is c1ccc(Cn2c(SCc3cnc4ccccn34)nnc2-c2cccs2)cc1. The Labute approximate surface area is 170 Å². The monoisotopic (exact) mass is 403 g/mol. The number of benzene rings is 1. The summed E-state index contributed by atoms with van der Waals surface area (Å²) in [6.07, 6.45) is 3.98. The molecular weight excluding hydrogens is 386 g/mol. The molecule has 5 nitrogen and oxygen atoms in total. The lowest BCUT2D eigenvalue weighted by atomic mass is 10.2. The van der Waals surface area contributed by atoms with Crippen molar-refractivity contribution in [1.29, 1.82) is 0 Å². The lowest BCUT2D eigenvalue weighted by Crippen LogP contribution is -2.03. The van der Waals surface area contributed by atoms with E-state index in [1.807, 2.05) is 42.7 Å². The number of hydrogen-bond donors (Lipinski definition) is 0. The van der Waals surface area contributed by atoms with E-state index in [4.69, 9.17) is 0 Å². The zero-order valence-corrected chi connectivity index (χ0v) is 16.6. The first-order chi connectivity index (χ1) is 13.9. The van der Waals surface area contributed by atoms with Crippen molar-refractivity contribution in [3.8, 4) is 10.7 Å². The maximum absolute atomic E-state index is 4.50. The van der Waals surface area contributed by atoms with Crippen molar-refractivity contribution in [2.45, 2.75) is 17.5 Å². The molecule has 5 aromatic rings. The van der Waals surface area contributed by atoms with Crippen LogP contribution in [-0.2, 0) is 12.3 Å². The Morgan fingerprint density at radius 2 is 1.82 bits per heavy atom. The lowest BCUT2D eigenvalue weighted by molar-refractivity contribution is 0.715. The normalized spacial score (nSPS) is 11.3. The highest BCUT2D eigenvalue weighted by atomic mass is 32.2. The largest absolute Gasteiger partial charge is 0.303 e. The Balaban J connectivity index is 1.47. The summed E-state index contributed by atoms with van der Waals surface area (Å²) in [6, 6.07) is 20.6. The number of pyridine rings is 1. The van der Waals surface area contributed by atoms with E-state index in [1.54, 1.807) is 23.1 Å². The van der Waals surface area contributed by atoms with Crippen molar-refractivity contribution >= 4 is 28.7 Å². The standard InChI is InChI=1S/C21H17N5S2/c1-2-7-16(8-3-1)14-26-20(18-9-6-12-27-18)23-24-21(26)28-15-17-13-22-19-10-4-5-11-25(17)19/h1-13H,14-15H2. The zero-order chi connectivity index (χ0) is 18.8. The zero-order valence-electron chi connectivity index (χ0n) is 15.0. The Kier molecular flexibility index (Phi) is 4.68. The van der Waals surface area contributed by atoms with Crippen LogP contribution in [0.3, 0.4) is 0 Å². The number of thioether (sulfide) groups is 1. The predicted octanol–water partition coefficient (Wildman–Crippen LogP) is 4.99. The van der Waals surface area contributed by atoms with Crippen LogP contribution in [-0.4, -0.2) is 24.1 Å². The molecule has 0 amide bonds. The molecule has 0 aliphatic rings. The highest BCUT2D eigenvalue weighted by Crippen LogP contribution is 2.29. The quantitative estimate of drug-likeness (QED) is 0.375. The summed E-state index contributed by atoms with van der Waals surface area (Å²) >= 11 is 3.38. The molecule has 138 valence electrons. The third kappa shape index (κ3) is 3.34. The molecule has 0 fully saturated rings. The topological polar surface area (TPSA) is 48.0 Å². The van der Waals surface area contributed by atoms with Crippen LogP contribution in [0.25, 0.3) is 16.3 Å². The van der Waals surface area contributed by atoms with E-state index in [2.05, 4.69) is 59.9 Å². The summed E-state index contributed by atoms with van der Waals surface area (Å²) in [5.74, 6) is 1.70. The fourth-order valence-corrected chi connectivity index (χ4v) is 4.74. The molecule has 4 heterocycles. The van der Waals surface area contributed by atoms with Gasteiger partial charge in [0.05, 0.1) is 23.3 Å². The van der Waals surface area contributed by atoms with Gasteiger partial charge in [-0.05, 0) is 29.1 Å². The van der Waals surface area contributed by atoms with Gasteiger partial charge in [-0.2, -0.15) is 0 Å². The van der Waals surface area contributed by atoms with Crippen LogP contribution in [0.5, 0.6) is 0 Å². The van der Waals surface area contributed by atoms with Gasteiger partial charge in [-0.3, -0.25) is 4.57 Å². The van der Waals surface area contributed by atoms with Gasteiger partial charge in [0.25, 0.3) is 0 Å². The van der Waals surface area contributed by atoms with Gasteiger partial charge in [0.2, 0.25) is 0 Å². The molecule has 28 heavy (non-hydrogen) atoms. The molecule has 4 aromatic heterocycles. The second-order valence-electron chi connectivity index (χ2n) is 6.32. The summed E-state index contributed by atoms with van der Waals surface area (Å²) in [4.78, 5) is 5.61. The van der Waals surface area contributed by atoms with Crippen molar-refractivity contribution in [2.75, 3.05) is 0 Å².